The number of nitrogens with two attached hydrogens (primary N) is 1. The van der Waals surface area contributed by atoms with Crippen molar-refractivity contribution in [2.75, 3.05) is 18.0 Å². The maximum atomic E-state index is 12.3. The normalized spacial score (nSPS) is 21.8. The lowest BCUT2D eigenvalue weighted by Gasteiger charge is -2.30. The van der Waals surface area contributed by atoms with Crippen LogP contribution in [-0.4, -0.2) is 36.0 Å². The van der Waals surface area contributed by atoms with Gasteiger partial charge in [0.25, 0.3) is 0 Å². The molecule has 0 aromatic heterocycles. The van der Waals surface area contributed by atoms with E-state index in [1.807, 2.05) is 23.1 Å². The van der Waals surface area contributed by atoms with E-state index in [2.05, 4.69) is 6.07 Å². The fraction of sp³-hybridized carbons (Fsp3) is 0.385. The van der Waals surface area contributed by atoms with Crippen LogP contribution < -0.4 is 10.6 Å². The van der Waals surface area contributed by atoms with E-state index in [1.165, 1.54) is 10.5 Å². The molecule has 94 valence electrons. The van der Waals surface area contributed by atoms with Crippen molar-refractivity contribution in [1.29, 1.82) is 0 Å². The molecule has 2 heterocycles. The summed E-state index contributed by atoms with van der Waals surface area (Å²) in [5.74, 6) is -0.462. The van der Waals surface area contributed by atoms with E-state index >= 15 is 0 Å². The van der Waals surface area contributed by atoms with Gasteiger partial charge in [-0.05, 0) is 24.5 Å². The summed E-state index contributed by atoms with van der Waals surface area (Å²) in [6, 6.07) is 8.01. The summed E-state index contributed by atoms with van der Waals surface area (Å²) in [6.45, 7) is 0.601. The second-order valence-corrected chi connectivity index (χ2v) is 4.82. The first-order valence-corrected chi connectivity index (χ1v) is 6.11. The number of para-hydroxylation sites is 1. The molecule has 1 fully saturated rings. The first kappa shape index (κ1) is 11.1. The Labute approximate surface area is 105 Å². The van der Waals surface area contributed by atoms with Crippen LogP contribution in [0.5, 0.6) is 0 Å². The van der Waals surface area contributed by atoms with Gasteiger partial charge >= 0.3 is 6.03 Å². The van der Waals surface area contributed by atoms with Crippen molar-refractivity contribution in [3.05, 3.63) is 29.8 Å². The molecule has 1 unspecified atom stereocenters. The highest BCUT2D eigenvalue weighted by Crippen LogP contribution is 2.34. The van der Waals surface area contributed by atoms with Crippen LogP contribution in [0.2, 0.25) is 0 Å². The quantitative estimate of drug-likeness (QED) is 0.834. The molecule has 1 aromatic rings. The van der Waals surface area contributed by atoms with Crippen molar-refractivity contribution in [2.24, 2.45) is 5.73 Å². The average molecular weight is 245 g/mol. The minimum atomic E-state index is -0.462. The summed E-state index contributed by atoms with van der Waals surface area (Å²) in [6.07, 6.45) is 1.92. The number of nitrogens with zero attached hydrogens (tertiary/aromatic N) is 2. The van der Waals surface area contributed by atoms with E-state index in [9.17, 15) is 9.59 Å². The third-order valence-corrected chi connectivity index (χ3v) is 3.62. The topological polar surface area (TPSA) is 66.6 Å². The highest BCUT2D eigenvalue weighted by atomic mass is 16.2. The SMILES string of the molecule is NC(=O)CN1CC2CCc3ccccc3N2C1=O. The lowest BCUT2D eigenvalue weighted by Crippen LogP contribution is -2.39. The van der Waals surface area contributed by atoms with Crippen molar-refractivity contribution in [3.8, 4) is 0 Å². The van der Waals surface area contributed by atoms with E-state index in [0.29, 0.717) is 6.54 Å². The molecule has 2 aliphatic heterocycles. The number of rotatable bonds is 2. The number of hydrogen-bond acceptors (Lipinski definition) is 2. The van der Waals surface area contributed by atoms with Crippen LogP contribution in [0.25, 0.3) is 0 Å². The van der Waals surface area contributed by atoms with Gasteiger partial charge in [0.2, 0.25) is 5.91 Å². The molecule has 3 amide bonds. The van der Waals surface area contributed by atoms with E-state index in [-0.39, 0.29) is 18.6 Å². The molecular formula is C13H15N3O2. The van der Waals surface area contributed by atoms with Crippen molar-refractivity contribution in [3.63, 3.8) is 0 Å². The first-order chi connectivity index (χ1) is 8.66. The lowest BCUT2D eigenvalue weighted by atomic mass is 9.97. The summed E-state index contributed by atoms with van der Waals surface area (Å²) in [5, 5.41) is 0. The number of hydrogen-bond donors (Lipinski definition) is 1. The predicted molar refractivity (Wildman–Crippen MR) is 67.2 cm³/mol. The van der Waals surface area contributed by atoms with Gasteiger partial charge in [-0.15, -0.1) is 0 Å². The average Bonchev–Trinajstić information content (AvgIpc) is 2.66. The minimum absolute atomic E-state index is 0.00794. The molecule has 0 radical (unpaired) electrons. The Morgan fingerprint density at radius 3 is 2.94 bits per heavy atom. The monoisotopic (exact) mass is 245 g/mol. The van der Waals surface area contributed by atoms with Crippen molar-refractivity contribution < 1.29 is 9.59 Å². The Morgan fingerprint density at radius 2 is 2.17 bits per heavy atom. The molecule has 3 rings (SSSR count). The van der Waals surface area contributed by atoms with Crippen LogP contribution in [-0.2, 0) is 11.2 Å². The highest BCUT2D eigenvalue weighted by molar-refractivity contribution is 5.98. The zero-order valence-corrected chi connectivity index (χ0v) is 10.0. The molecule has 1 atom stereocenters. The van der Waals surface area contributed by atoms with Crippen LogP contribution in [0.15, 0.2) is 24.3 Å². The fourth-order valence-electron chi connectivity index (χ4n) is 2.84. The number of anilines is 1. The molecule has 5 nitrogen and oxygen atoms in total. The van der Waals surface area contributed by atoms with Gasteiger partial charge in [0.1, 0.15) is 6.54 Å². The molecule has 0 aliphatic carbocycles. The second-order valence-electron chi connectivity index (χ2n) is 4.82. The van der Waals surface area contributed by atoms with Crippen molar-refractivity contribution in [2.45, 2.75) is 18.9 Å². The number of fused-ring (bicyclic) bond motifs is 3. The molecule has 1 saturated heterocycles. The Balaban J connectivity index is 1.92. The molecule has 2 N–H and O–H groups in total. The van der Waals surface area contributed by atoms with E-state index in [1.54, 1.807) is 0 Å². The number of urea groups is 1. The number of amides is 3. The molecule has 0 bridgehead atoms. The van der Waals surface area contributed by atoms with Gasteiger partial charge in [-0.25, -0.2) is 4.79 Å². The Morgan fingerprint density at radius 1 is 1.39 bits per heavy atom. The summed E-state index contributed by atoms with van der Waals surface area (Å²) in [7, 11) is 0. The molecule has 5 heteroatoms. The summed E-state index contributed by atoms with van der Waals surface area (Å²) in [5.41, 5.74) is 7.34. The van der Waals surface area contributed by atoms with Gasteiger partial charge in [0, 0.05) is 12.2 Å². The number of carbonyl (C=O) groups excluding carboxylic acids is 2. The standard InChI is InChI=1S/C13H15N3O2/c14-12(17)8-15-7-10-6-5-9-3-1-2-4-11(9)16(10)13(15)18/h1-4,10H,5-8H2,(H2,14,17). The summed E-state index contributed by atoms with van der Waals surface area (Å²) >= 11 is 0. The van der Waals surface area contributed by atoms with Crippen molar-refractivity contribution >= 4 is 17.6 Å². The third kappa shape index (κ3) is 1.63. The maximum Gasteiger partial charge on any atom is 0.325 e. The van der Waals surface area contributed by atoms with Gasteiger partial charge < -0.3 is 10.6 Å². The van der Waals surface area contributed by atoms with Crippen LogP contribution >= 0.6 is 0 Å². The Bertz CT molecular complexity index is 515. The molecule has 2 aliphatic rings. The van der Waals surface area contributed by atoms with Gasteiger partial charge in [-0.3, -0.25) is 9.69 Å². The smallest absolute Gasteiger partial charge is 0.325 e. The zero-order valence-electron chi connectivity index (χ0n) is 10.0. The number of benzene rings is 1. The van der Waals surface area contributed by atoms with Gasteiger partial charge in [-0.1, -0.05) is 18.2 Å². The summed E-state index contributed by atoms with van der Waals surface area (Å²) in [4.78, 5) is 26.6. The van der Waals surface area contributed by atoms with Crippen LogP contribution in [0, 0.1) is 0 Å². The van der Waals surface area contributed by atoms with Gasteiger partial charge in [0.05, 0.1) is 6.04 Å². The van der Waals surface area contributed by atoms with Crippen LogP contribution in [0.4, 0.5) is 10.5 Å². The Kier molecular flexibility index (Phi) is 2.47. The van der Waals surface area contributed by atoms with Gasteiger partial charge in [0.15, 0.2) is 0 Å². The highest BCUT2D eigenvalue weighted by Gasteiger charge is 2.41. The molecule has 0 spiro atoms. The number of primary amides is 1. The zero-order chi connectivity index (χ0) is 12.7. The fourth-order valence-corrected chi connectivity index (χ4v) is 2.84. The number of aryl methyl sites for hydroxylation is 1. The molecular weight excluding hydrogens is 230 g/mol. The van der Waals surface area contributed by atoms with Crippen LogP contribution in [0.1, 0.15) is 12.0 Å². The van der Waals surface area contributed by atoms with E-state index in [0.717, 1.165) is 18.5 Å². The molecule has 0 saturated carbocycles. The largest absolute Gasteiger partial charge is 0.368 e. The van der Waals surface area contributed by atoms with Crippen molar-refractivity contribution in [1.82, 2.24) is 4.90 Å². The molecule has 18 heavy (non-hydrogen) atoms. The lowest BCUT2D eigenvalue weighted by molar-refractivity contribution is -0.118. The van der Waals surface area contributed by atoms with E-state index < -0.39 is 5.91 Å². The minimum Gasteiger partial charge on any atom is -0.368 e. The predicted octanol–water partition coefficient (Wildman–Crippen LogP) is 0.729. The van der Waals surface area contributed by atoms with Crippen LogP contribution in [0.3, 0.4) is 0 Å². The molecule has 1 aromatic carbocycles. The van der Waals surface area contributed by atoms with Gasteiger partial charge in [-0.2, -0.15) is 0 Å². The maximum absolute atomic E-state index is 12.3. The Hall–Kier alpha value is -2.04. The van der Waals surface area contributed by atoms with E-state index in [4.69, 9.17) is 5.73 Å². The first-order valence-electron chi connectivity index (χ1n) is 6.11. The number of carbonyl (C=O) groups is 2. The summed E-state index contributed by atoms with van der Waals surface area (Å²) < 4.78 is 0. The third-order valence-electron chi connectivity index (χ3n) is 3.62. The second kappa shape index (κ2) is 4.01.